The minimum atomic E-state index is -0.0543. The van der Waals surface area contributed by atoms with E-state index >= 15 is 0 Å². The highest BCUT2D eigenvalue weighted by Crippen LogP contribution is 2.30. The Hall–Kier alpha value is -0.450. The van der Waals surface area contributed by atoms with Gasteiger partial charge in [-0.2, -0.15) is 0 Å². The number of nitrogens with zero attached hydrogens (tertiary/aromatic N) is 1. The van der Waals surface area contributed by atoms with E-state index in [1.807, 2.05) is 0 Å². The van der Waals surface area contributed by atoms with Gasteiger partial charge in [0.05, 0.1) is 16.3 Å². The van der Waals surface area contributed by atoms with E-state index in [0.29, 0.717) is 6.04 Å². The van der Waals surface area contributed by atoms with Crippen molar-refractivity contribution in [3.8, 4) is 0 Å². The molecule has 104 valence electrons. The molecule has 0 amide bonds. The predicted molar refractivity (Wildman–Crippen MR) is 78.3 cm³/mol. The minimum Gasteiger partial charge on any atom is -0.379 e. The van der Waals surface area contributed by atoms with Crippen LogP contribution in [0.25, 0.3) is 0 Å². The van der Waals surface area contributed by atoms with Gasteiger partial charge in [-0.1, -0.05) is 6.92 Å². The van der Waals surface area contributed by atoms with Crippen molar-refractivity contribution in [2.45, 2.75) is 59.1 Å². The summed E-state index contributed by atoms with van der Waals surface area (Å²) >= 11 is 1.81. The van der Waals surface area contributed by atoms with Gasteiger partial charge in [-0.25, -0.2) is 4.98 Å². The van der Waals surface area contributed by atoms with Gasteiger partial charge in [0, 0.05) is 18.0 Å². The molecule has 0 radical (unpaired) electrons. The van der Waals surface area contributed by atoms with E-state index in [1.165, 1.54) is 10.6 Å². The Bertz CT molecular complexity index is 374. The van der Waals surface area contributed by atoms with E-state index < -0.39 is 0 Å². The molecule has 1 aromatic heterocycles. The maximum atomic E-state index is 5.50. The Balaban J connectivity index is 2.74. The lowest BCUT2D eigenvalue weighted by molar-refractivity contribution is 0.0117. The lowest BCUT2D eigenvalue weighted by atomic mass is 9.97. The summed E-state index contributed by atoms with van der Waals surface area (Å²) in [5, 5.41) is 4.71. The lowest BCUT2D eigenvalue weighted by Crippen LogP contribution is -2.27. The van der Waals surface area contributed by atoms with Crippen LogP contribution in [-0.2, 0) is 4.74 Å². The third-order valence-corrected chi connectivity index (χ3v) is 4.48. The van der Waals surface area contributed by atoms with Crippen LogP contribution in [0.4, 0.5) is 0 Å². The highest BCUT2D eigenvalue weighted by atomic mass is 32.1. The predicted octanol–water partition coefficient (Wildman–Crippen LogP) is 3.62. The Morgan fingerprint density at radius 1 is 1.39 bits per heavy atom. The highest BCUT2D eigenvalue weighted by Gasteiger charge is 2.22. The summed E-state index contributed by atoms with van der Waals surface area (Å²) in [4.78, 5) is 5.90. The van der Waals surface area contributed by atoms with Crippen molar-refractivity contribution in [1.82, 2.24) is 10.3 Å². The molecule has 0 saturated heterocycles. The van der Waals surface area contributed by atoms with Crippen LogP contribution in [0.5, 0.6) is 0 Å². The van der Waals surface area contributed by atoms with Crippen LogP contribution >= 0.6 is 11.3 Å². The molecule has 0 aliphatic carbocycles. The quantitative estimate of drug-likeness (QED) is 0.822. The molecule has 1 N–H and O–H groups in total. The van der Waals surface area contributed by atoms with E-state index in [1.54, 1.807) is 18.4 Å². The largest absolute Gasteiger partial charge is 0.379 e. The van der Waals surface area contributed by atoms with E-state index in [4.69, 9.17) is 4.74 Å². The zero-order valence-corrected chi connectivity index (χ0v) is 13.3. The molecule has 1 aromatic rings. The van der Waals surface area contributed by atoms with Crippen molar-refractivity contribution in [3.63, 3.8) is 0 Å². The maximum Gasteiger partial charge on any atom is 0.0900 e. The number of aryl methyl sites for hydroxylation is 2. The molecule has 4 heteroatoms. The van der Waals surface area contributed by atoms with Crippen LogP contribution in [0.2, 0.25) is 0 Å². The van der Waals surface area contributed by atoms with Crippen LogP contribution in [0.15, 0.2) is 0 Å². The van der Waals surface area contributed by atoms with Gasteiger partial charge in [-0.3, -0.25) is 0 Å². The first-order valence-corrected chi connectivity index (χ1v) is 7.43. The molecule has 3 nitrogen and oxygen atoms in total. The van der Waals surface area contributed by atoms with E-state index in [9.17, 15) is 0 Å². The van der Waals surface area contributed by atoms with Crippen LogP contribution < -0.4 is 5.32 Å². The first-order chi connectivity index (χ1) is 8.39. The van der Waals surface area contributed by atoms with Gasteiger partial charge in [0.25, 0.3) is 0 Å². The topological polar surface area (TPSA) is 34.1 Å². The molecule has 0 bridgehead atoms. The van der Waals surface area contributed by atoms with E-state index in [-0.39, 0.29) is 5.60 Å². The Kier molecular flexibility index (Phi) is 5.76. The SMILES string of the molecule is CCNC(CCC(C)(C)OC)c1sc(C)nc1C. The molecular formula is C14H26N2OS. The Morgan fingerprint density at radius 2 is 2.06 bits per heavy atom. The summed E-state index contributed by atoms with van der Waals surface area (Å²) in [6.45, 7) is 11.6. The highest BCUT2D eigenvalue weighted by molar-refractivity contribution is 7.11. The number of nitrogens with one attached hydrogen (secondary N) is 1. The molecule has 18 heavy (non-hydrogen) atoms. The molecule has 1 atom stereocenters. The average Bonchev–Trinajstić information content (AvgIpc) is 2.64. The fourth-order valence-corrected chi connectivity index (χ4v) is 3.07. The normalized spacial score (nSPS) is 13.9. The van der Waals surface area contributed by atoms with Crippen LogP contribution in [-0.4, -0.2) is 24.2 Å². The molecule has 1 rings (SSSR count). The number of hydrogen-bond acceptors (Lipinski definition) is 4. The Labute approximate surface area is 115 Å². The molecular weight excluding hydrogens is 244 g/mol. The summed E-state index contributed by atoms with van der Waals surface area (Å²) in [7, 11) is 1.78. The van der Waals surface area contributed by atoms with Gasteiger partial charge in [0.2, 0.25) is 0 Å². The first kappa shape index (κ1) is 15.6. The molecule has 1 unspecified atom stereocenters. The van der Waals surface area contributed by atoms with Crippen molar-refractivity contribution in [2.75, 3.05) is 13.7 Å². The molecule has 1 heterocycles. The van der Waals surface area contributed by atoms with Gasteiger partial charge >= 0.3 is 0 Å². The molecule has 0 spiro atoms. The van der Waals surface area contributed by atoms with Gasteiger partial charge < -0.3 is 10.1 Å². The number of thiazole rings is 1. The third-order valence-electron chi connectivity index (χ3n) is 3.29. The lowest BCUT2D eigenvalue weighted by Gasteiger charge is -2.26. The summed E-state index contributed by atoms with van der Waals surface area (Å²) in [5.41, 5.74) is 1.11. The van der Waals surface area contributed by atoms with Gasteiger partial charge in [0.15, 0.2) is 0 Å². The number of rotatable bonds is 7. The zero-order valence-electron chi connectivity index (χ0n) is 12.5. The summed E-state index contributed by atoms with van der Waals surface area (Å²) in [5.74, 6) is 0. The standard InChI is InChI=1S/C14H26N2OS/c1-7-15-12(8-9-14(4,5)17-6)13-10(2)16-11(3)18-13/h12,15H,7-9H2,1-6H3. The number of methoxy groups -OCH3 is 1. The van der Waals surface area contributed by atoms with Crippen LogP contribution in [0, 0.1) is 13.8 Å². The molecule has 0 aliphatic rings. The fraction of sp³-hybridized carbons (Fsp3) is 0.786. The van der Waals surface area contributed by atoms with Crippen molar-refractivity contribution in [3.05, 3.63) is 15.6 Å². The number of hydrogen-bond donors (Lipinski definition) is 1. The second-order valence-electron chi connectivity index (χ2n) is 5.30. The average molecular weight is 270 g/mol. The zero-order chi connectivity index (χ0) is 13.8. The second-order valence-corrected chi connectivity index (χ2v) is 6.53. The van der Waals surface area contributed by atoms with Crippen LogP contribution in [0.3, 0.4) is 0 Å². The van der Waals surface area contributed by atoms with Crippen LogP contribution in [0.1, 0.15) is 55.2 Å². The molecule has 0 fully saturated rings. The van der Waals surface area contributed by atoms with Gasteiger partial charge in [0.1, 0.15) is 0 Å². The number of aromatic nitrogens is 1. The molecule has 0 saturated carbocycles. The summed E-state index contributed by atoms with van der Waals surface area (Å²) < 4.78 is 5.50. The van der Waals surface area contributed by atoms with E-state index in [2.05, 4.69) is 44.9 Å². The second kappa shape index (κ2) is 6.64. The molecule has 0 aliphatic heterocycles. The monoisotopic (exact) mass is 270 g/mol. The van der Waals surface area contributed by atoms with E-state index in [0.717, 1.165) is 24.4 Å². The van der Waals surface area contributed by atoms with Gasteiger partial charge in [-0.05, 0) is 47.1 Å². The molecule has 0 aromatic carbocycles. The Morgan fingerprint density at radius 3 is 2.50 bits per heavy atom. The third kappa shape index (κ3) is 4.34. The fourth-order valence-electron chi connectivity index (χ4n) is 2.04. The van der Waals surface area contributed by atoms with Crippen molar-refractivity contribution in [1.29, 1.82) is 0 Å². The van der Waals surface area contributed by atoms with Crippen molar-refractivity contribution >= 4 is 11.3 Å². The summed E-state index contributed by atoms with van der Waals surface area (Å²) in [6.07, 6.45) is 2.12. The smallest absolute Gasteiger partial charge is 0.0900 e. The number of ether oxygens (including phenoxy) is 1. The summed E-state index contributed by atoms with van der Waals surface area (Å²) in [6, 6.07) is 0.399. The maximum absolute atomic E-state index is 5.50. The van der Waals surface area contributed by atoms with Crippen molar-refractivity contribution < 1.29 is 4.74 Å². The first-order valence-electron chi connectivity index (χ1n) is 6.62. The van der Waals surface area contributed by atoms with Crippen molar-refractivity contribution in [2.24, 2.45) is 0 Å². The van der Waals surface area contributed by atoms with Gasteiger partial charge in [-0.15, -0.1) is 11.3 Å². The minimum absolute atomic E-state index is 0.0543.